The average molecular weight is 262 g/mol. The molecular weight excluding hydrogens is 238 g/mol. The van der Waals surface area contributed by atoms with Crippen molar-refractivity contribution in [1.82, 2.24) is 4.98 Å². The second-order valence-electron chi connectivity index (χ2n) is 6.63. The van der Waals surface area contributed by atoms with E-state index in [1.165, 1.54) is 17.8 Å². The van der Waals surface area contributed by atoms with E-state index in [1.54, 1.807) is 10.4 Å². The summed E-state index contributed by atoms with van der Waals surface area (Å²) in [7, 11) is -2.52. The molecule has 2 heterocycles. The smallest absolute Gasteiger partial charge is 0.0830 e. The number of nitrogens with zero attached hydrogens (tertiary/aromatic N) is 1. The fraction of sp³-hybridized carbons (Fsp3) is 0.500. The third-order valence-electron chi connectivity index (χ3n) is 4.14. The molecule has 0 fully saturated rings. The molecule has 17 heavy (non-hydrogen) atoms. The van der Waals surface area contributed by atoms with Gasteiger partial charge < -0.3 is 0 Å². The third-order valence-corrected chi connectivity index (χ3v) is 11.6. The Labute approximate surface area is 107 Å². The van der Waals surface area contributed by atoms with Crippen molar-refractivity contribution in [3.63, 3.8) is 0 Å². The van der Waals surface area contributed by atoms with Gasteiger partial charge in [-0.1, -0.05) is 50.0 Å². The highest BCUT2D eigenvalue weighted by Crippen LogP contribution is 2.27. The van der Waals surface area contributed by atoms with Gasteiger partial charge in [-0.15, -0.1) is 0 Å². The lowest BCUT2D eigenvalue weighted by Crippen LogP contribution is -2.64. The molecule has 0 unspecified atom stereocenters. The summed E-state index contributed by atoms with van der Waals surface area (Å²) in [5, 5.41) is 3.28. The van der Waals surface area contributed by atoms with Gasteiger partial charge in [0.2, 0.25) is 0 Å². The quantitative estimate of drug-likeness (QED) is 0.708. The van der Waals surface area contributed by atoms with Crippen LogP contribution in [-0.2, 0) is 0 Å². The second kappa shape index (κ2) is 3.92. The zero-order valence-corrected chi connectivity index (χ0v) is 13.7. The predicted molar refractivity (Wildman–Crippen MR) is 82.8 cm³/mol. The van der Waals surface area contributed by atoms with Crippen LogP contribution in [-0.4, -0.2) is 21.1 Å². The Kier molecular flexibility index (Phi) is 2.94. The van der Waals surface area contributed by atoms with Crippen molar-refractivity contribution in [3.8, 4) is 0 Å². The first-order chi connectivity index (χ1) is 7.76. The molecule has 92 valence electrons. The van der Waals surface area contributed by atoms with Gasteiger partial charge in [-0.05, 0) is 23.7 Å². The zero-order chi connectivity index (χ0) is 12.8. The number of hydrogen-bond acceptors (Lipinski definition) is 1. The van der Waals surface area contributed by atoms with Gasteiger partial charge in [0, 0.05) is 6.20 Å². The molecule has 0 spiro atoms. The monoisotopic (exact) mass is 261 g/mol. The summed E-state index contributed by atoms with van der Waals surface area (Å²) in [5.41, 5.74) is 2.34. The van der Waals surface area contributed by atoms with E-state index in [0.717, 1.165) is 5.57 Å². The van der Waals surface area contributed by atoms with Crippen molar-refractivity contribution in [2.45, 2.75) is 45.2 Å². The minimum atomic E-state index is -1.30. The zero-order valence-electron chi connectivity index (χ0n) is 11.7. The van der Waals surface area contributed by atoms with Crippen LogP contribution in [0.1, 0.15) is 12.6 Å². The van der Waals surface area contributed by atoms with Crippen molar-refractivity contribution >= 4 is 32.1 Å². The highest BCUT2D eigenvalue weighted by Gasteiger charge is 2.41. The predicted octanol–water partition coefficient (Wildman–Crippen LogP) is 2.96. The molecule has 1 aromatic rings. The topological polar surface area (TPSA) is 12.9 Å². The van der Waals surface area contributed by atoms with Crippen molar-refractivity contribution < 1.29 is 0 Å². The van der Waals surface area contributed by atoms with Crippen LogP contribution in [0.15, 0.2) is 18.8 Å². The molecule has 0 bridgehead atoms. The average Bonchev–Trinajstić information content (AvgIpc) is 2.24. The molecule has 0 radical (unpaired) electrons. The SMILES string of the molecule is C=C(C)c1nccc2c1[Si](C)(C)CC[Si]2(C)C. The maximum absolute atomic E-state index is 4.61. The van der Waals surface area contributed by atoms with Crippen molar-refractivity contribution in [1.29, 1.82) is 0 Å². The van der Waals surface area contributed by atoms with Gasteiger partial charge in [0.05, 0.1) is 21.8 Å². The fourth-order valence-electron chi connectivity index (χ4n) is 2.92. The van der Waals surface area contributed by atoms with Crippen LogP contribution in [0.2, 0.25) is 38.3 Å². The van der Waals surface area contributed by atoms with Crippen LogP contribution in [0, 0.1) is 0 Å². The Hall–Kier alpha value is -0.676. The van der Waals surface area contributed by atoms with E-state index < -0.39 is 16.1 Å². The Morgan fingerprint density at radius 3 is 2.35 bits per heavy atom. The first-order valence-corrected chi connectivity index (χ1v) is 12.8. The number of aromatic nitrogens is 1. The maximum atomic E-state index is 4.61. The minimum absolute atomic E-state index is 1.13. The van der Waals surface area contributed by atoms with E-state index in [1.807, 2.05) is 6.20 Å². The molecular formula is C14H23NSi2. The number of pyridine rings is 1. The van der Waals surface area contributed by atoms with E-state index in [9.17, 15) is 0 Å². The fourth-order valence-corrected chi connectivity index (χ4v) is 13.5. The van der Waals surface area contributed by atoms with Gasteiger partial charge in [-0.3, -0.25) is 4.98 Å². The maximum Gasteiger partial charge on any atom is 0.0830 e. The summed E-state index contributed by atoms with van der Waals surface area (Å²) in [5.74, 6) is 0. The molecule has 0 saturated carbocycles. The van der Waals surface area contributed by atoms with Gasteiger partial charge in [0.1, 0.15) is 0 Å². The first-order valence-electron chi connectivity index (χ1n) is 6.41. The Bertz CT molecular complexity index is 475. The molecule has 0 aliphatic carbocycles. The van der Waals surface area contributed by atoms with Gasteiger partial charge in [0.15, 0.2) is 0 Å². The van der Waals surface area contributed by atoms with Gasteiger partial charge in [-0.25, -0.2) is 0 Å². The summed E-state index contributed by atoms with van der Waals surface area (Å²) in [6.45, 7) is 16.2. The van der Waals surface area contributed by atoms with E-state index >= 15 is 0 Å². The molecule has 2 rings (SSSR count). The standard InChI is InChI=1S/C14H23NSi2/c1-11(2)13-14-12(7-8-15-13)16(3,4)9-10-17(14,5)6/h7-8H,1,9-10H2,2-6H3. The normalized spacial score (nSPS) is 20.8. The summed E-state index contributed by atoms with van der Waals surface area (Å²) in [6.07, 6.45) is 1.99. The largest absolute Gasteiger partial charge is 0.257 e. The minimum Gasteiger partial charge on any atom is -0.257 e. The summed E-state index contributed by atoms with van der Waals surface area (Å²) < 4.78 is 0. The highest BCUT2D eigenvalue weighted by molar-refractivity contribution is 7.03. The third kappa shape index (κ3) is 2.06. The van der Waals surface area contributed by atoms with E-state index in [-0.39, 0.29) is 0 Å². The molecule has 0 N–H and O–H groups in total. The number of rotatable bonds is 1. The first kappa shape index (κ1) is 12.8. The van der Waals surface area contributed by atoms with Crippen molar-refractivity contribution in [2.24, 2.45) is 0 Å². The molecule has 1 aliphatic heterocycles. The Morgan fingerprint density at radius 1 is 1.18 bits per heavy atom. The van der Waals surface area contributed by atoms with Crippen LogP contribution < -0.4 is 10.4 Å². The molecule has 1 aromatic heterocycles. The van der Waals surface area contributed by atoms with Gasteiger partial charge in [0.25, 0.3) is 0 Å². The summed E-state index contributed by atoms with van der Waals surface area (Å²) >= 11 is 0. The van der Waals surface area contributed by atoms with Crippen LogP contribution in [0.3, 0.4) is 0 Å². The molecule has 1 nitrogen and oxygen atoms in total. The number of allylic oxidation sites excluding steroid dienone is 1. The number of hydrogen-bond donors (Lipinski definition) is 0. The molecule has 0 amide bonds. The molecule has 0 saturated heterocycles. The molecule has 3 heteroatoms. The highest BCUT2D eigenvalue weighted by atomic mass is 28.3. The second-order valence-corrected chi connectivity index (χ2v) is 16.2. The molecule has 1 aliphatic rings. The molecule has 0 atom stereocenters. The van der Waals surface area contributed by atoms with Crippen LogP contribution in [0.25, 0.3) is 5.57 Å². The lowest BCUT2D eigenvalue weighted by Gasteiger charge is -2.40. The summed E-state index contributed by atoms with van der Waals surface area (Å²) in [6, 6.07) is 5.16. The van der Waals surface area contributed by atoms with E-state index in [2.05, 4.69) is 50.7 Å². The summed E-state index contributed by atoms with van der Waals surface area (Å²) in [4.78, 5) is 4.61. The van der Waals surface area contributed by atoms with E-state index in [4.69, 9.17) is 0 Å². The Morgan fingerprint density at radius 2 is 1.76 bits per heavy atom. The lowest BCUT2D eigenvalue weighted by atomic mass is 10.2. The van der Waals surface area contributed by atoms with Crippen molar-refractivity contribution in [2.75, 3.05) is 0 Å². The number of fused-ring (bicyclic) bond motifs is 1. The van der Waals surface area contributed by atoms with Crippen LogP contribution in [0.4, 0.5) is 0 Å². The van der Waals surface area contributed by atoms with Crippen LogP contribution >= 0.6 is 0 Å². The van der Waals surface area contributed by atoms with Gasteiger partial charge in [-0.2, -0.15) is 0 Å². The van der Waals surface area contributed by atoms with Crippen LogP contribution in [0.5, 0.6) is 0 Å². The lowest BCUT2D eigenvalue weighted by molar-refractivity contribution is 1.23. The van der Waals surface area contributed by atoms with Gasteiger partial charge >= 0.3 is 0 Å². The Balaban J connectivity index is 2.76. The molecule has 0 aromatic carbocycles. The van der Waals surface area contributed by atoms with E-state index in [0.29, 0.717) is 0 Å². The van der Waals surface area contributed by atoms with Crippen molar-refractivity contribution in [3.05, 3.63) is 24.5 Å².